The van der Waals surface area contributed by atoms with E-state index in [0.29, 0.717) is 19.6 Å². The Morgan fingerprint density at radius 2 is 2.29 bits per heavy atom. The fourth-order valence-electron chi connectivity index (χ4n) is 1.29. The number of hydrogen-bond acceptors (Lipinski definition) is 2. The number of nitrogens with two attached hydrogens (primary N) is 1. The summed E-state index contributed by atoms with van der Waals surface area (Å²) in [6, 6.07) is 6.44. The molecule has 0 saturated heterocycles. The lowest BCUT2D eigenvalue weighted by Crippen LogP contribution is -2.28. The van der Waals surface area contributed by atoms with Gasteiger partial charge in [-0.25, -0.2) is 4.39 Å². The molecule has 1 aromatic carbocycles. The van der Waals surface area contributed by atoms with Gasteiger partial charge in [0.15, 0.2) is 0 Å². The molecule has 0 radical (unpaired) electrons. The molecule has 0 fully saturated rings. The van der Waals surface area contributed by atoms with Gasteiger partial charge in [-0.15, -0.1) is 0 Å². The second-order valence-corrected chi connectivity index (χ2v) is 3.25. The van der Waals surface area contributed by atoms with Crippen molar-refractivity contribution >= 4 is 0 Å². The summed E-state index contributed by atoms with van der Waals surface area (Å²) in [5.74, 6) is -0.217. The van der Waals surface area contributed by atoms with Gasteiger partial charge in [-0.05, 0) is 31.0 Å². The highest BCUT2D eigenvalue weighted by atomic mass is 19.1. The Kier molecular flexibility index (Phi) is 4.56. The Morgan fingerprint density at radius 3 is 2.93 bits per heavy atom. The zero-order valence-electron chi connectivity index (χ0n) is 8.37. The van der Waals surface area contributed by atoms with Gasteiger partial charge in [0, 0.05) is 12.6 Å². The van der Waals surface area contributed by atoms with Gasteiger partial charge in [0.2, 0.25) is 0 Å². The van der Waals surface area contributed by atoms with Crippen molar-refractivity contribution in [3.05, 3.63) is 35.6 Å². The van der Waals surface area contributed by atoms with Crippen LogP contribution >= 0.6 is 0 Å². The van der Waals surface area contributed by atoms with Crippen LogP contribution in [0.2, 0.25) is 0 Å². The van der Waals surface area contributed by atoms with E-state index in [4.69, 9.17) is 10.5 Å². The van der Waals surface area contributed by atoms with Gasteiger partial charge in [0.1, 0.15) is 5.82 Å². The van der Waals surface area contributed by atoms with Crippen molar-refractivity contribution in [3.63, 3.8) is 0 Å². The van der Waals surface area contributed by atoms with Crippen molar-refractivity contribution in [2.75, 3.05) is 13.2 Å². The molecule has 14 heavy (non-hydrogen) atoms. The van der Waals surface area contributed by atoms with Crippen molar-refractivity contribution in [3.8, 4) is 0 Å². The van der Waals surface area contributed by atoms with Crippen LogP contribution in [0.15, 0.2) is 24.3 Å². The minimum atomic E-state index is -0.217. The lowest BCUT2D eigenvalue weighted by atomic mass is 10.1. The predicted molar refractivity (Wildman–Crippen MR) is 54.6 cm³/mol. The molecule has 0 spiro atoms. The average Bonchev–Trinajstić information content (AvgIpc) is 2.15. The monoisotopic (exact) mass is 197 g/mol. The molecule has 0 aliphatic rings. The molecule has 0 aliphatic heterocycles. The molecule has 0 bridgehead atoms. The van der Waals surface area contributed by atoms with Crippen LogP contribution in [0.25, 0.3) is 0 Å². The third kappa shape index (κ3) is 3.85. The molecule has 1 atom stereocenters. The first kappa shape index (κ1) is 11.1. The number of rotatable bonds is 5. The van der Waals surface area contributed by atoms with Crippen LogP contribution in [0.4, 0.5) is 4.39 Å². The minimum absolute atomic E-state index is 0.0586. The Morgan fingerprint density at radius 1 is 1.50 bits per heavy atom. The van der Waals surface area contributed by atoms with E-state index in [9.17, 15) is 4.39 Å². The highest BCUT2D eigenvalue weighted by Crippen LogP contribution is 2.05. The maximum atomic E-state index is 12.8. The number of ether oxygens (including phenoxy) is 1. The largest absolute Gasteiger partial charge is 0.380 e. The van der Waals surface area contributed by atoms with E-state index < -0.39 is 0 Å². The van der Waals surface area contributed by atoms with Gasteiger partial charge in [-0.2, -0.15) is 0 Å². The quantitative estimate of drug-likeness (QED) is 0.780. The predicted octanol–water partition coefficient (Wildman–Crippen LogP) is 1.73. The molecular weight excluding hydrogens is 181 g/mol. The van der Waals surface area contributed by atoms with Crippen molar-refractivity contribution in [1.29, 1.82) is 0 Å². The minimum Gasteiger partial charge on any atom is -0.380 e. The maximum absolute atomic E-state index is 12.8. The Hall–Kier alpha value is -0.930. The van der Waals surface area contributed by atoms with Gasteiger partial charge in [-0.3, -0.25) is 0 Å². The van der Waals surface area contributed by atoms with Crippen LogP contribution in [0.5, 0.6) is 0 Å². The van der Waals surface area contributed by atoms with E-state index in [2.05, 4.69) is 0 Å². The summed E-state index contributed by atoms with van der Waals surface area (Å²) in [7, 11) is 0. The van der Waals surface area contributed by atoms with E-state index >= 15 is 0 Å². The van der Waals surface area contributed by atoms with Crippen LogP contribution in [-0.4, -0.2) is 19.3 Å². The summed E-state index contributed by atoms with van der Waals surface area (Å²) < 4.78 is 18.0. The van der Waals surface area contributed by atoms with Gasteiger partial charge in [0.05, 0.1) is 6.61 Å². The summed E-state index contributed by atoms with van der Waals surface area (Å²) in [5.41, 5.74) is 6.71. The van der Waals surface area contributed by atoms with Crippen molar-refractivity contribution in [2.24, 2.45) is 5.73 Å². The number of halogens is 1. The summed E-state index contributed by atoms with van der Waals surface area (Å²) >= 11 is 0. The van der Waals surface area contributed by atoms with Gasteiger partial charge in [0.25, 0.3) is 0 Å². The van der Waals surface area contributed by atoms with E-state index in [0.717, 1.165) is 5.56 Å². The van der Waals surface area contributed by atoms with Crippen LogP contribution < -0.4 is 5.73 Å². The third-order valence-electron chi connectivity index (χ3n) is 1.92. The lowest BCUT2D eigenvalue weighted by Gasteiger charge is -2.11. The van der Waals surface area contributed by atoms with Gasteiger partial charge in [-0.1, -0.05) is 12.1 Å². The normalized spacial score (nSPS) is 12.8. The summed E-state index contributed by atoms with van der Waals surface area (Å²) in [6.07, 6.45) is 0.651. The second-order valence-electron chi connectivity index (χ2n) is 3.25. The van der Waals surface area contributed by atoms with Crippen molar-refractivity contribution in [2.45, 2.75) is 19.4 Å². The van der Waals surface area contributed by atoms with E-state index in [1.54, 1.807) is 6.07 Å². The fraction of sp³-hybridized carbons (Fsp3) is 0.455. The van der Waals surface area contributed by atoms with Crippen LogP contribution in [0.3, 0.4) is 0 Å². The molecule has 0 aromatic heterocycles. The summed E-state index contributed by atoms with van der Waals surface area (Å²) in [6.45, 7) is 3.11. The zero-order chi connectivity index (χ0) is 10.4. The number of benzene rings is 1. The molecule has 2 nitrogen and oxygen atoms in total. The Labute approximate surface area is 83.9 Å². The Balaban J connectivity index is 2.43. The smallest absolute Gasteiger partial charge is 0.123 e. The molecule has 0 saturated carbocycles. The average molecular weight is 197 g/mol. The standard InChI is InChI=1S/C11H16FNO/c1-2-14-8-11(13)7-9-4-3-5-10(12)6-9/h3-6,11H,2,7-8,13H2,1H3. The van der Waals surface area contributed by atoms with Gasteiger partial charge < -0.3 is 10.5 Å². The first-order valence-corrected chi connectivity index (χ1v) is 4.80. The molecule has 1 unspecified atom stereocenters. The van der Waals surface area contributed by atoms with E-state index in [1.165, 1.54) is 12.1 Å². The van der Waals surface area contributed by atoms with Crippen LogP contribution in [0.1, 0.15) is 12.5 Å². The molecule has 0 aliphatic carbocycles. The molecule has 78 valence electrons. The first-order chi connectivity index (χ1) is 6.72. The molecule has 1 rings (SSSR count). The van der Waals surface area contributed by atoms with E-state index in [-0.39, 0.29) is 11.9 Å². The molecule has 0 heterocycles. The van der Waals surface area contributed by atoms with Crippen LogP contribution in [0, 0.1) is 5.82 Å². The molecule has 2 N–H and O–H groups in total. The Bertz CT molecular complexity index is 278. The molecule has 1 aromatic rings. The highest BCUT2D eigenvalue weighted by molar-refractivity contribution is 5.17. The molecule has 0 amide bonds. The topological polar surface area (TPSA) is 35.2 Å². The molecular formula is C11H16FNO. The fourth-order valence-corrected chi connectivity index (χ4v) is 1.29. The zero-order valence-corrected chi connectivity index (χ0v) is 8.37. The molecule has 3 heteroatoms. The third-order valence-corrected chi connectivity index (χ3v) is 1.92. The number of hydrogen-bond donors (Lipinski definition) is 1. The lowest BCUT2D eigenvalue weighted by molar-refractivity contribution is 0.133. The van der Waals surface area contributed by atoms with Crippen molar-refractivity contribution in [1.82, 2.24) is 0 Å². The summed E-state index contributed by atoms with van der Waals surface area (Å²) in [5, 5.41) is 0. The first-order valence-electron chi connectivity index (χ1n) is 4.80. The highest BCUT2D eigenvalue weighted by Gasteiger charge is 2.04. The van der Waals surface area contributed by atoms with Crippen LogP contribution in [-0.2, 0) is 11.2 Å². The summed E-state index contributed by atoms with van der Waals surface area (Å²) in [4.78, 5) is 0. The van der Waals surface area contributed by atoms with Gasteiger partial charge >= 0.3 is 0 Å². The van der Waals surface area contributed by atoms with Crippen molar-refractivity contribution < 1.29 is 9.13 Å². The maximum Gasteiger partial charge on any atom is 0.123 e. The SMILES string of the molecule is CCOCC(N)Cc1cccc(F)c1. The second kappa shape index (κ2) is 5.73. The van der Waals surface area contributed by atoms with E-state index in [1.807, 2.05) is 13.0 Å².